The van der Waals surface area contributed by atoms with Gasteiger partial charge < -0.3 is 25.1 Å². The molecule has 0 atom stereocenters. The van der Waals surface area contributed by atoms with Gasteiger partial charge >= 0.3 is 23.6 Å². The number of methoxy groups -OCH3 is 1. The summed E-state index contributed by atoms with van der Waals surface area (Å²) in [7, 11) is 1.48. The summed E-state index contributed by atoms with van der Waals surface area (Å²) in [6.07, 6.45) is 1.17. The van der Waals surface area contributed by atoms with E-state index in [0.29, 0.717) is 27.9 Å². The van der Waals surface area contributed by atoms with Crippen molar-refractivity contribution in [3.05, 3.63) is 77.2 Å². The number of halogens is 1. The molecule has 0 radical (unpaired) electrons. The number of nitrogens with one attached hydrogen (secondary N) is 4. The largest absolute Gasteiger partial charge is 0.497 e. The van der Waals surface area contributed by atoms with E-state index in [-0.39, 0.29) is 12.3 Å². The lowest BCUT2D eigenvalue weighted by molar-refractivity contribution is -0.136. The van der Waals surface area contributed by atoms with E-state index in [1.807, 2.05) is 0 Å². The first-order valence-electron chi connectivity index (χ1n) is 10.1. The Morgan fingerprint density at radius 2 is 1.60 bits per heavy atom. The van der Waals surface area contributed by atoms with Gasteiger partial charge in [-0.05, 0) is 42.5 Å². The maximum atomic E-state index is 12.0. The molecule has 180 valence electrons. The van der Waals surface area contributed by atoms with Crippen molar-refractivity contribution in [1.82, 2.24) is 10.7 Å². The summed E-state index contributed by atoms with van der Waals surface area (Å²) in [6.45, 7) is -0.0645. The number of carbonyl (C=O) groups is 4. The van der Waals surface area contributed by atoms with Crippen LogP contribution in [0.4, 0.5) is 11.4 Å². The number of hydrogen-bond donors (Lipinski definition) is 4. The standard InChI is InChI=1S/C23H20ClN5O6/c1-34-17-7-3-6-16(11-17)28-22(32)23(33)29-26-13-19-9-8-18(35-19)12-25-20(30)21(31)27-15-5-2-4-14(24)10-15/h2-11,13H,12H2,1H3,(H,25,30)(H,27,31)(H,28,32)(H,29,33)/b26-13+. The van der Waals surface area contributed by atoms with Gasteiger partial charge in [0, 0.05) is 22.5 Å². The normalized spacial score (nSPS) is 10.5. The predicted octanol–water partition coefficient (Wildman–Crippen LogP) is 2.29. The van der Waals surface area contributed by atoms with E-state index in [9.17, 15) is 19.2 Å². The lowest BCUT2D eigenvalue weighted by Crippen LogP contribution is -2.34. The summed E-state index contributed by atoms with van der Waals surface area (Å²) in [5, 5.41) is 11.3. The molecule has 35 heavy (non-hydrogen) atoms. The van der Waals surface area contributed by atoms with Gasteiger partial charge in [0.2, 0.25) is 0 Å². The van der Waals surface area contributed by atoms with Gasteiger partial charge in [0.05, 0.1) is 19.9 Å². The van der Waals surface area contributed by atoms with Crippen molar-refractivity contribution in [2.24, 2.45) is 5.10 Å². The summed E-state index contributed by atoms with van der Waals surface area (Å²) in [6, 6.07) is 16.0. The van der Waals surface area contributed by atoms with E-state index >= 15 is 0 Å². The molecule has 0 bridgehead atoms. The first-order valence-corrected chi connectivity index (χ1v) is 10.4. The number of amides is 4. The lowest BCUT2D eigenvalue weighted by atomic mass is 10.3. The SMILES string of the molecule is COc1cccc(NC(=O)C(=O)N/N=C/c2ccc(CNC(=O)C(=O)Nc3cccc(Cl)c3)o2)c1. The van der Waals surface area contributed by atoms with Gasteiger partial charge in [-0.3, -0.25) is 19.2 Å². The number of ether oxygens (including phenoxy) is 1. The maximum absolute atomic E-state index is 12.0. The van der Waals surface area contributed by atoms with E-state index in [1.54, 1.807) is 48.5 Å². The third kappa shape index (κ3) is 7.72. The monoisotopic (exact) mass is 497 g/mol. The quantitative estimate of drug-likeness (QED) is 0.223. The second-order valence-corrected chi connectivity index (χ2v) is 7.27. The van der Waals surface area contributed by atoms with Crippen molar-refractivity contribution in [3.8, 4) is 5.75 Å². The van der Waals surface area contributed by atoms with Crippen molar-refractivity contribution in [2.75, 3.05) is 17.7 Å². The number of hydrazone groups is 1. The number of anilines is 2. The fourth-order valence-electron chi connectivity index (χ4n) is 2.65. The fraction of sp³-hybridized carbons (Fsp3) is 0.0870. The van der Waals surface area contributed by atoms with Crippen LogP contribution in [0.15, 0.2) is 70.2 Å². The van der Waals surface area contributed by atoms with Crippen molar-refractivity contribution < 1.29 is 28.3 Å². The minimum absolute atomic E-state index is 0.0645. The van der Waals surface area contributed by atoms with Crippen LogP contribution in [0.3, 0.4) is 0 Å². The molecule has 0 aliphatic heterocycles. The Kier molecular flexibility index (Phi) is 8.57. The summed E-state index contributed by atoms with van der Waals surface area (Å²) in [4.78, 5) is 47.8. The zero-order chi connectivity index (χ0) is 25.2. The Balaban J connectivity index is 1.43. The highest BCUT2D eigenvalue weighted by atomic mass is 35.5. The lowest BCUT2D eigenvalue weighted by Gasteiger charge is -2.06. The Hall–Kier alpha value is -4.64. The summed E-state index contributed by atoms with van der Waals surface area (Å²) < 4.78 is 10.5. The number of benzene rings is 2. The van der Waals surface area contributed by atoms with Gasteiger partial charge in [0.15, 0.2) is 0 Å². The first kappa shape index (κ1) is 25.0. The average Bonchev–Trinajstić information content (AvgIpc) is 3.30. The maximum Gasteiger partial charge on any atom is 0.329 e. The van der Waals surface area contributed by atoms with Crippen LogP contribution in [-0.2, 0) is 25.7 Å². The number of carbonyl (C=O) groups excluding carboxylic acids is 4. The van der Waals surface area contributed by atoms with Crippen LogP contribution in [0.5, 0.6) is 5.75 Å². The van der Waals surface area contributed by atoms with E-state index in [0.717, 1.165) is 0 Å². The van der Waals surface area contributed by atoms with Gasteiger partial charge in [-0.1, -0.05) is 23.7 Å². The highest BCUT2D eigenvalue weighted by Gasteiger charge is 2.15. The Labute approximate surface area is 204 Å². The summed E-state index contributed by atoms with van der Waals surface area (Å²) >= 11 is 5.84. The molecular weight excluding hydrogens is 478 g/mol. The van der Waals surface area contributed by atoms with Gasteiger partial charge in [-0.2, -0.15) is 5.10 Å². The van der Waals surface area contributed by atoms with E-state index in [1.165, 1.54) is 25.5 Å². The molecule has 0 aliphatic rings. The number of hydrogen-bond acceptors (Lipinski definition) is 7. The van der Waals surface area contributed by atoms with Gasteiger partial charge in [0.25, 0.3) is 0 Å². The predicted molar refractivity (Wildman–Crippen MR) is 128 cm³/mol. The van der Waals surface area contributed by atoms with Crippen molar-refractivity contribution in [3.63, 3.8) is 0 Å². The molecule has 4 amide bonds. The number of rotatable bonds is 7. The molecule has 4 N–H and O–H groups in total. The van der Waals surface area contributed by atoms with Gasteiger partial charge in [-0.15, -0.1) is 0 Å². The van der Waals surface area contributed by atoms with Crippen LogP contribution >= 0.6 is 11.6 Å². The fourth-order valence-corrected chi connectivity index (χ4v) is 2.84. The highest BCUT2D eigenvalue weighted by molar-refractivity contribution is 6.40. The smallest absolute Gasteiger partial charge is 0.329 e. The molecule has 11 nitrogen and oxygen atoms in total. The van der Waals surface area contributed by atoms with Gasteiger partial charge in [0.1, 0.15) is 17.3 Å². The van der Waals surface area contributed by atoms with E-state index < -0.39 is 23.6 Å². The second kappa shape index (κ2) is 12.0. The van der Waals surface area contributed by atoms with Crippen molar-refractivity contribution in [1.29, 1.82) is 0 Å². The van der Waals surface area contributed by atoms with Crippen LogP contribution in [0.1, 0.15) is 11.5 Å². The molecule has 2 aromatic carbocycles. The van der Waals surface area contributed by atoms with Crippen LogP contribution in [-0.4, -0.2) is 37.0 Å². The van der Waals surface area contributed by atoms with Gasteiger partial charge in [-0.25, -0.2) is 5.43 Å². The highest BCUT2D eigenvalue weighted by Crippen LogP contribution is 2.16. The molecule has 0 saturated carbocycles. The molecule has 0 fully saturated rings. The van der Waals surface area contributed by atoms with Crippen molar-refractivity contribution >= 4 is 52.8 Å². The van der Waals surface area contributed by atoms with E-state index in [2.05, 4.69) is 26.5 Å². The van der Waals surface area contributed by atoms with Crippen molar-refractivity contribution in [2.45, 2.75) is 6.54 Å². The minimum atomic E-state index is -0.992. The molecule has 0 saturated heterocycles. The second-order valence-electron chi connectivity index (χ2n) is 6.84. The summed E-state index contributed by atoms with van der Waals surface area (Å²) in [5.41, 5.74) is 2.84. The molecular formula is C23H20ClN5O6. The van der Waals surface area contributed by atoms with Crippen LogP contribution in [0, 0.1) is 0 Å². The molecule has 0 unspecified atom stereocenters. The molecule has 3 aromatic rings. The minimum Gasteiger partial charge on any atom is -0.497 e. The van der Waals surface area contributed by atoms with Crippen LogP contribution in [0.25, 0.3) is 0 Å². The third-order valence-corrected chi connectivity index (χ3v) is 4.52. The summed E-state index contributed by atoms with van der Waals surface area (Å²) in [5.74, 6) is -2.55. The molecule has 1 heterocycles. The zero-order valence-electron chi connectivity index (χ0n) is 18.3. The molecule has 0 spiro atoms. The first-order chi connectivity index (χ1) is 16.8. The van der Waals surface area contributed by atoms with E-state index in [4.69, 9.17) is 20.8 Å². The average molecular weight is 498 g/mol. The Bertz CT molecular complexity index is 1270. The zero-order valence-corrected chi connectivity index (χ0v) is 19.1. The third-order valence-electron chi connectivity index (χ3n) is 4.29. The Morgan fingerprint density at radius 1 is 0.914 bits per heavy atom. The molecule has 0 aliphatic carbocycles. The number of furan rings is 1. The van der Waals surface area contributed by atoms with Crippen LogP contribution in [0.2, 0.25) is 5.02 Å². The topological polar surface area (TPSA) is 151 Å². The number of nitrogens with zero attached hydrogens (tertiary/aromatic N) is 1. The molecule has 3 rings (SSSR count). The Morgan fingerprint density at radius 3 is 2.31 bits per heavy atom. The molecule has 1 aromatic heterocycles. The van der Waals surface area contributed by atoms with Crippen LogP contribution < -0.4 is 26.1 Å². The molecule has 12 heteroatoms.